The first-order valence-corrected chi connectivity index (χ1v) is 8.85. The summed E-state index contributed by atoms with van der Waals surface area (Å²) in [5.74, 6) is 0.878. The monoisotopic (exact) mass is 353 g/mol. The van der Waals surface area contributed by atoms with E-state index in [1.54, 1.807) is 24.4 Å². The fourth-order valence-electron chi connectivity index (χ4n) is 3.09. The van der Waals surface area contributed by atoms with E-state index in [0.29, 0.717) is 30.8 Å². The largest absolute Gasteiger partial charge is 0.383 e. The maximum absolute atomic E-state index is 12.7. The average Bonchev–Trinajstić information content (AvgIpc) is 2.93. The zero-order valence-corrected chi connectivity index (χ0v) is 14.9. The van der Waals surface area contributed by atoms with E-state index in [0.717, 1.165) is 25.3 Å². The number of carbonyl (C=O) groups excluding carboxylic acids is 2. The van der Waals surface area contributed by atoms with Crippen molar-refractivity contribution < 1.29 is 9.59 Å². The molecule has 0 saturated carbocycles. The highest BCUT2D eigenvalue weighted by atomic mass is 16.2. The van der Waals surface area contributed by atoms with Gasteiger partial charge in [0.15, 0.2) is 0 Å². The van der Waals surface area contributed by atoms with Gasteiger partial charge in [-0.05, 0) is 30.7 Å². The molecule has 1 saturated heterocycles. The summed E-state index contributed by atoms with van der Waals surface area (Å²) in [6.45, 7) is 4.81. The molecule has 0 aliphatic carbocycles. The van der Waals surface area contributed by atoms with Crippen molar-refractivity contribution in [2.75, 3.05) is 36.8 Å². The Balaban J connectivity index is 1.78. The number of hydrogen-bond acceptors (Lipinski definition) is 6. The molecular formula is C19H23N5O2. The van der Waals surface area contributed by atoms with Crippen LogP contribution in [0.5, 0.6) is 0 Å². The van der Waals surface area contributed by atoms with Gasteiger partial charge in [0.1, 0.15) is 17.3 Å². The van der Waals surface area contributed by atoms with Crippen molar-refractivity contribution in [1.29, 1.82) is 0 Å². The Morgan fingerprint density at radius 2 is 1.96 bits per heavy atom. The van der Waals surface area contributed by atoms with E-state index in [1.165, 1.54) is 0 Å². The Kier molecular flexibility index (Phi) is 5.46. The van der Waals surface area contributed by atoms with Crippen LogP contribution in [-0.4, -0.2) is 52.7 Å². The second-order valence-electron chi connectivity index (χ2n) is 6.22. The zero-order valence-electron chi connectivity index (χ0n) is 14.9. The maximum Gasteiger partial charge on any atom is 0.222 e. The molecule has 0 atom stereocenters. The zero-order chi connectivity index (χ0) is 18.5. The van der Waals surface area contributed by atoms with Crippen molar-refractivity contribution in [3.8, 4) is 0 Å². The molecule has 3 heterocycles. The minimum Gasteiger partial charge on any atom is -0.383 e. The molecule has 7 nitrogen and oxygen atoms in total. The number of carbonyl (C=O) groups is 2. The first kappa shape index (κ1) is 17.8. The smallest absolute Gasteiger partial charge is 0.222 e. The van der Waals surface area contributed by atoms with E-state index in [-0.39, 0.29) is 17.5 Å². The summed E-state index contributed by atoms with van der Waals surface area (Å²) in [5.41, 5.74) is 6.50. The summed E-state index contributed by atoms with van der Waals surface area (Å²) in [7, 11) is 0. The predicted octanol–water partition coefficient (Wildman–Crippen LogP) is 1.74. The van der Waals surface area contributed by atoms with Gasteiger partial charge in [-0.15, -0.1) is 0 Å². The van der Waals surface area contributed by atoms with Crippen LogP contribution in [0.25, 0.3) is 0 Å². The Morgan fingerprint density at radius 1 is 1.12 bits per heavy atom. The highest BCUT2D eigenvalue weighted by molar-refractivity contribution is 6.10. The number of nitrogens with zero attached hydrogens (tertiary/aromatic N) is 4. The van der Waals surface area contributed by atoms with Crippen LogP contribution in [0.2, 0.25) is 0 Å². The fraction of sp³-hybridized carbons (Fsp3) is 0.368. The molecule has 136 valence electrons. The highest BCUT2D eigenvalue weighted by Gasteiger charge is 2.20. The van der Waals surface area contributed by atoms with Crippen molar-refractivity contribution in [2.24, 2.45) is 0 Å². The summed E-state index contributed by atoms with van der Waals surface area (Å²) in [6.07, 6.45) is 2.95. The topological polar surface area (TPSA) is 92.4 Å². The number of amides is 1. The molecule has 1 fully saturated rings. The lowest BCUT2D eigenvalue weighted by atomic mass is 10.1. The highest BCUT2D eigenvalue weighted by Crippen LogP contribution is 2.18. The molecule has 0 spiro atoms. The molecule has 0 aromatic carbocycles. The lowest BCUT2D eigenvalue weighted by Crippen LogP contribution is -2.35. The van der Waals surface area contributed by atoms with Crippen LogP contribution in [0.3, 0.4) is 0 Å². The van der Waals surface area contributed by atoms with Gasteiger partial charge in [-0.25, -0.2) is 9.97 Å². The molecule has 0 bridgehead atoms. The van der Waals surface area contributed by atoms with Crippen molar-refractivity contribution in [3.05, 3.63) is 47.8 Å². The van der Waals surface area contributed by atoms with Gasteiger partial charge in [-0.3, -0.25) is 9.59 Å². The van der Waals surface area contributed by atoms with E-state index < -0.39 is 0 Å². The molecule has 2 aromatic rings. The Morgan fingerprint density at radius 3 is 2.73 bits per heavy atom. The number of pyridine rings is 2. The molecule has 2 aromatic heterocycles. The maximum atomic E-state index is 12.7. The van der Waals surface area contributed by atoms with Crippen molar-refractivity contribution in [2.45, 2.75) is 19.8 Å². The van der Waals surface area contributed by atoms with Crippen LogP contribution >= 0.6 is 0 Å². The number of ketones is 1. The third-order valence-corrected chi connectivity index (χ3v) is 4.53. The lowest BCUT2D eigenvalue weighted by molar-refractivity contribution is -0.130. The Labute approximate surface area is 152 Å². The van der Waals surface area contributed by atoms with Crippen LogP contribution < -0.4 is 10.6 Å². The predicted molar refractivity (Wildman–Crippen MR) is 100 cm³/mol. The molecule has 1 amide bonds. The summed E-state index contributed by atoms with van der Waals surface area (Å²) in [6, 6.07) is 8.73. The third-order valence-electron chi connectivity index (χ3n) is 4.53. The summed E-state index contributed by atoms with van der Waals surface area (Å²) in [5, 5.41) is 0. The minimum atomic E-state index is -0.241. The van der Waals surface area contributed by atoms with E-state index in [4.69, 9.17) is 5.73 Å². The Bertz CT molecular complexity index is 808. The number of rotatable bonds is 4. The van der Waals surface area contributed by atoms with Crippen molar-refractivity contribution >= 4 is 23.3 Å². The minimum absolute atomic E-state index is 0.177. The number of hydrogen-bond donors (Lipinski definition) is 1. The van der Waals surface area contributed by atoms with Gasteiger partial charge in [-0.2, -0.15) is 0 Å². The molecule has 26 heavy (non-hydrogen) atoms. The van der Waals surface area contributed by atoms with E-state index in [1.807, 2.05) is 24.0 Å². The van der Waals surface area contributed by atoms with Crippen LogP contribution in [0, 0.1) is 0 Å². The quantitative estimate of drug-likeness (QED) is 0.842. The average molecular weight is 353 g/mol. The van der Waals surface area contributed by atoms with Gasteiger partial charge in [0.05, 0.1) is 5.56 Å². The van der Waals surface area contributed by atoms with Crippen molar-refractivity contribution in [3.63, 3.8) is 0 Å². The van der Waals surface area contributed by atoms with Gasteiger partial charge < -0.3 is 15.5 Å². The van der Waals surface area contributed by atoms with E-state index in [2.05, 4.69) is 14.9 Å². The normalized spacial score (nSPS) is 14.8. The SMILES string of the molecule is CCC(=O)N1CCCN(c2cccc(C(=O)c3cccnc3N)n2)CC1. The summed E-state index contributed by atoms with van der Waals surface area (Å²) < 4.78 is 0. The third kappa shape index (κ3) is 3.82. The number of aromatic nitrogens is 2. The number of nitrogen functional groups attached to an aromatic ring is 1. The molecule has 0 radical (unpaired) electrons. The summed E-state index contributed by atoms with van der Waals surface area (Å²) in [4.78, 5) is 37.1. The molecule has 7 heteroatoms. The van der Waals surface area contributed by atoms with Crippen LogP contribution in [0.15, 0.2) is 36.5 Å². The first-order valence-electron chi connectivity index (χ1n) is 8.85. The number of nitrogens with two attached hydrogens (primary N) is 1. The van der Waals surface area contributed by atoms with Crippen LogP contribution in [-0.2, 0) is 4.79 Å². The molecule has 2 N–H and O–H groups in total. The van der Waals surface area contributed by atoms with E-state index in [9.17, 15) is 9.59 Å². The second-order valence-corrected chi connectivity index (χ2v) is 6.22. The van der Waals surface area contributed by atoms with Gasteiger partial charge in [-0.1, -0.05) is 13.0 Å². The van der Waals surface area contributed by atoms with Gasteiger partial charge in [0, 0.05) is 38.8 Å². The Hall–Kier alpha value is -2.96. The van der Waals surface area contributed by atoms with Gasteiger partial charge in [0.25, 0.3) is 0 Å². The molecule has 1 aliphatic rings. The molecule has 0 unspecified atom stereocenters. The number of anilines is 2. The molecule has 3 rings (SSSR count). The van der Waals surface area contributed by atoms with Gasteiger partial charge >= 0.3 is 0 Å². The first-order chi connectivity index (χ1) is 12.6. The van der Waals surface area contributed by atoms with Gasteiger partial charge in [0.2, 0.25) is 11.7 Å². The molecular weight excluding hydrogens is 330 g/mol. The van der Waals surface area contributed by atoms with Crippen LogP contribution in [0.1, 0.15) is 35.8 Å². The van der Waals surface area contributed by atoms with E-state index >= 15 is 0 Å². The lowest BCUT2D eigenvalue weighted by Gasteiger charge is -2.23. The van der Waals surface area contributed by atoms with Crippen molar-refractivity contribution in [1.82, 2.24) is 14.9 Å². The standard InChI is InChI=1S/C19H23N5O2/c1-2-17(25)24-11-5-10-23(12-13-24)16-8-3-7-15(22-16)18(26)14-6-4-9-21-19(14)20/h3-4,6-9H,2,5,10-13H2,1H3,(H2,20,21). The fourth-order valence-corrected chi connectivity index (χ4v) is 3.09. The van der Waals surface area contributed by atoms with Crippen LogP contribution in [0.4, 0.5) is 11.6 Å². The molecule has 1 aliphatic heterocycles. The second kappa shape index (κ2) is 7.95. The summed E-state index contributed by atoms with van der Waals surface area (Å²) >= 11 is 0.